The molecule has 0 saturated heterocycles. The minimum atomic E-state index is -0.117. The van der Waals surface area contributed by atoms with E-state index in [1.165, 1.54) is 5.56 Å². The predicted molar refractivity (Wildman–Crippen MR) is 109 cm³/mol. The molecule has 0 fully saturated rings. The van der Waals surface area contributed by atoms with E-state index in [2.05, 4.69) is 15.4 Å². The Bertz CT molecular complexity index is 1030. The fraction of sp³-hybridized carbons (Fsp3) is 0.429. The third-order valence-electron chi connectivity index (χ3n) is 4.43. The van der Waals surface area contributed by atoms with Crippen molar-refractivity contribution in [2.45, 2.75) is 47.2 Å². The lowest BCUT2D eigenvalue weighted by molar-refractivity contribution is -0.122. The van der Waals surface area contributed by atoms with Gasteiger partial charge in [0.25, 0.3) is 5.56 Å². The van der Waals surface area contributed by atoms with Crippen LogP contribution in [0.15, 0.2) is 41.6 Å². The van der Waals surface area contributed by atoms with Crippen LogP contribution in [0, 0.1) is 12.3 Å². The summed E-state index contributed by atoms with van der Waals surface area (Å²) in [5, 5.41) is 7.65. The summed E-state index contributed by atoms with van der Waals surface area (Å²) in [6.45, 7) is 9.49. The first-order valence-electron chi connectivity index (χ1n) is 9.46. The number of benzene rings is 1. The Morgan fingerprint density at radius 2 is 1.89 bits per heavy atom. The van der Waals surface area contributed by atoms with Crippen LogP contribution >= 0.6 is 0 Å². The van der Waals surface area contributed by atoms with Gasteiger partial charge in [-0.05, 0) is 17.9 Å². The van der Waals surface area contributed by atoms with Crippen LogP contribution in [0.2, 0.25) is 0 Å². The first-order chi connectivity index (χ1) is 13.2. The number of nitrogens with one attached hydrogen (secondary N) is 1. The van der Waals surface area contributed by atoms with E-state index in [0.717, 1.165) is 5.56 Å². The van der Waals surface area contributed by atoms with Crippen molar-refractivity contribution in [1.29, 1.82) is 0 Å². The average Bonchev–Trinajstić information content (AvgIpc) is 3.01. The third-order valence-corrected chi connectivity index (χ3v) is 4.43. The van der Waals surface area contributed by atoms with Crippen molar-refractivity contribution in [3.63, 3.8) is 0 Å². The van der Waals surface area contributed by atoms with Crippen molar-refractivity contribution in [3.05, 3.63) is 58.3 Å². The maximum Gasteiger partial charge on any atom is 0.264 e. The van der Waals surface area contributed by atoms with Gasteiger partial charge in [-0.15, -0.1) is 0 Å². The number of hydrogen-bond acceptors (Lipinski definition) is 4. The molecule has 1 amide bonds. The molecule has 7 nitrogen and oxygen atoms in total. The summed E-state index contributed by atoms with van der Waals surface area (Å²) in [5.74, 6) is 0.0115. The van der Waals surface area contributed by atoms with Crippen LogP contribution in [0.3, 0.4) is 0 Å². The lowest BCUT2D eigenvalue weighted by atomic mass is 9.92. The fourth-order valence-electron chi connectivity index (χ4n) is 3.01. The molecule has 0 saturated carbocycles. The zero-order valence-electron chi connectivity index (χ0n) is 16.9. The Hall–Kier alpha value is -2.96. The first-order valence-corrected chi connectivity index (χ1v) is 9.46. The summed E-state index contributed by atoms with van der Waals surface area (Å²) < 4.78 is 3.24. The number of amides is 1. The van der Waals surface area contributed by atoms with Crippen molar-refractivity contribution in [3.8, 4) is 0 Å². The molecule has 0 radical (unpaired) electrons. The summed E-state index contributed by atoms with van der Waals surface area (Å²) in [7, 11) is 0. The summed E-state index contributed by atoms with van der Waals surface area (Å²) in [6, 6.07) is 8.07. The Morgan fingerprint density at radius 1 is 1.18 bits per heavy atom. The van der Waals surface area contributed by atoms with Crippen molar-refractivity contribution in [2.75, 3.05) is 6.54 Å². The number of fused-ring (bicyclic) bond motifs is 1. The lowest BCUT2D eigenvalue weighted by Gasteiger charge is -2.17. The van der Waals surface area contributed by atoms with Crippen LogP contribution in [0.4, 0.5) is 0 Å². The standard InChI is InChI=1S/C21H27N5O2/c1-15-5-7-16(8-6-15)13-25-14-23-19-17(20(25)28)12-24-26(19)10-9-22-18(27)11-21(2,3)4/h5-8,12,14H,9-11,13H2,1-4H3,(H,22,27). The van der Waals surface area contributed by atoms with Gasteiger partial charge in [0.05, 0.1) is 19.3 Å². The van der Waals surface area contributed by atoms with Crippen LogP contribution in [-0.2, 0) is 17.9 Å². The molecule has 3 rings (SSSR count). The number of hydrogen-bond donors (Lipinski definition) is 1. The minimum absolute atomic E-state index is 0.0115. The zero-order chi connectivity index (χ0) is 20.3. The fourth-order valence-corrected chi connectivity index (χ4v) is 3.01. The molecule has 28 heavy (non-hydrogen) atoms. The molecule has 0 aliphatic heterocycles. The summed E-state index contributed by atoms with van der Waals surface area (Å²) in [4.78, 5) is 29.1. The van der Waals surface area contributed by atoms with Crippen molar-refractivity contribution in [2.24, 2.45) is 5.41 Å². The Labute approximate surface area is 164 Å². The van der Waals surface area contributed by atoms with Gasteiger partial charge in [0.2, 0.25) is 5.91 Å². The number of carbonyl (C=O) groups excluding carboxylic acids is 1. The van der Waals surface area contributed by atoms with E-state index in [1.54, 1.807) is 21.8 Å². The second kappa shape index (κ2) is 7.96. The minimum Gasteiger partial charge on any atom is -0.354 e. The van der Waals surface area contributed by atoms with Crippen LogP contribution in [0.1, 0.15) is 38.3 Å². The summed E-state index contributed by atoms with van der Waals surface area (Å²) in [5.41, 5.74) is 2.60. The van der Waals surface area contributed by atoms with E-state index in [9.17, 15) is 9.59 Å². The molecule has 1 N–H and O–H groups in total. The third kappa shape index (κ3) is 4.85. The van der Waals surface area contributed by atoms with Gasteiger partial charge in [0.1, 0.15) is 11.7 Å². The molecule has 1 aromatic carbocycles. The van der Waals surface area contributed by atoms with Gasteiger partial charge >= 0.3 is 0 Å². The SMILES string of the molecule is Cc1ccc(Cn2cnc3c(cnn3CCNC(=O)CC(C)(C)C)c2=O)cc1. The van der Waals surface area contributed by atoms with Gasteiger partial charge in [-0.1, -0.05) is 50.6 Å². The number of carbonyl (C=O) groups is 1. The number of aromatic nitrogens is 4. The molecule has 148 valence electrons. The molecule has 0 spiro atoms. The number of nitrogens with zero attached hydrogens (tertiary/aromatic N) is 4. The largest absolute Gasteiger partial charge is 0.354 e. The zero-order valence-corrected chi connectivity index (χ0v) is 16.9. The van der Waals surface area contributed by atoms with E-state index >= 15 is 0 Å². The smallest absolute Gasteiger partial charge is 0.264 e. The molecule has 3 aromatic rings. The van der Waals surface area contributed by atoms with Gasteiger partial charge in [-0.25, -0.2) is 9.67 Å². The number of rotatable bonds is 6. The topological polar surface area (TPSA) is 81.8 Å². The van der Waals surface area contributed by atoms with Gasteiger partial charge in [0, 0.05) is 13.0 Å². The van der Waals surface area contributed by atoms with Crippen LogP contribution in [-0.4, -0.2) is 31.8 Å². The Morgan fingerprint density at radius 3 is 2.57 bits per heavy atom. The summed E-state index contributed by atoms with van der Waals surface area (Å²) in [6.07, 6.45) is 3.57. The molecule has 0 aliphatic carbocycles. The first kappa shape index (κ1) is 19.8. The molecular weight excluding hydrogens is 354 g/mol. The van der Waals surface area contributed by atoms with Crippen molar-refractivity contribution < 1.29 is 4.79 Å². The normalized spacial score (nSPS) is 11.7. The van der Waals surface area contributed by atoms with Gasteiger partial charge in [-0.3, -0.25) is 14.2 Å². The lowest BCUT2D eigenvalue weighted by Crippen LogP contribution is -2.30. The Balaban J connectivity index is 1.69. The van der Waals surface area contributed by atoms with Gasteiger partial charge in [0.15, 0.2) is 5.65 Å². The van der Waals surface area contributed by atoms with Crippen molar-refractivity contribution >= 4 is 16.9 Å². The molecule has 0 aliphatic rings. The summed E-state index contributed by atoms with van der Waals surface area (Å²) >= 11 is 0. The second-order valence-corrected chi connectivity index (χ2v) is 8.36. The molecular formula is C21H27N5O2. The molecule has 0 bridgehead atoms. The maximum atomic E-state index is 12.8. The Kier molecular flexibility index (Phi) is 5.63. The molecule has 7 heteroatoms. The average molecular weight is 381 g/mol. The monoisotopic (exact) mass is 381 g/mol. The second-order valence-electron chi connectivity index (χ2n) is 8.36. The maximum absolute atomic E-state index is 12.8. The predicted octanol–water partition coefficient (Wildman–Crippen LogP) is 2.50. The van der Waals surface area contributed by atoms with E-state index in [0.29, 0.717) is 37.1 Å². The highest BCUT2D eigenvalue weighted by Gasteiger charge is 2.16. The number of aryl methyl sites for hydroxylation is 1. The molecule has 2 aromatic heterocycles. The van der Waals surface area contributed by atoms with E-state index in [4.69, 9.17) is 0 Å². The van der Waals surface area contributed by atoms with Crippen LogP contribution in [0.5, 0.6) is 0 Å². The highest BCUT2D eigenvalue weighted by atomic mass is 16.1. The highest BCUT2D eigenvalue weighted by Crippen LogP contribution is 2.17. The molecule has 0 unspecified atom stereocenters. The van der Waals surface area contributed by atoms with Crippen molar-refractivity contribution in [1.82, 2.24) is 24.6 Å². The van der Waals surface area contributed by atoms with Gasteiger partial charge < -0.3 is 5.32 Å². The highest BCUT2D eigenvalue weighted by molar-refractivity contribution is 5.76. The van der Waals surface area contributed by atoms with E-state index < -0.39 is 0 Å². The van der Waals surface area contributed by atoms with Crippen LogP contribution in [0.25, 0.3) is 11.0 Å². The quantitative estimate of drug-likeness (QED) is 0.711. The van der Waals surface area contributed by atoms with E-state index in [-0.39, 0.29) is 16.9 Å². The van der Waals surface area contributed by atoms with E-state index in [1.807, 2.05) is 52.0 Å². The molecule has 2 heterocycles. The van der Waals surface area contributed by atoms with Crippen LogP contribution < -0.4 is 10.9 Å². The molecule has 0 atom stereocenters. The van der Waals surface area contributed by atoms with Gasteiger partial charge in [-0.2, -0.15) is 5.10 Å².